The van der Waals surface area contributed by atoms with Crippen LogP contribution in [-0.4, -0.2) is 35.1 Å². The number of aryl methyl sites for hydroxylation is 1. The summed E-state index contributed by atoms with van der Waals surface area (Å²) in [6, 6.07) is 11.6. The molecule has 1 N–H and O–H groups in total. The molecule has 2 aromatic rings. The van der Waals surface area contributed by atoms with Crippen molar-refractivity contribution in [3.05, 3.63) is 53.4 Å². The highest BCUT2D eigenvalue weighted by Gasteiger charge is 2.21. The van der Waals surface area contributed by atoms with Crippen molar-refractivity contribution in [2.45, 2.75) is 32.4 Å². The maximum Gasteiger partial charge on any atom is 0.251 e. The van der Waals surface area contributed by atoms with E-state index in [1.54, 1.807) is 0 Å². The smallest absolute Gasteiger partial charge is 0.251 e. The van der Waals surface area contributed by atoms with Gasteiger partial charge in [-0.15, -0.1) is 0 Å². The van der Waals surface area contributed by atoms with E-state index in [1.807, 2.05) is 43.3 Å². The van der Waals surface area contributed by atoms with E-state index in [0.29, 0.717) is 0 Å². The minimum absolute atomic E-state index is 0.0196. The molecule has 116 valence electrons. The summed E-state index contributed by atoms with van der Waals surface area (Å²) in [4.78, 5) is 14.5. The lowest BCUT2D eigenvalue weighted by molar-refractivity contribution is 0.0908. The largest absolute Gasteiger partial charge is 0.361 e. The molecule has 1 amide bonds. The monoisotopic (exact) mass is 299 g/mol. The molecule has 5 nitrogen and oxygen atoms in total. The maximum atomic E-state index is 12.1. The van der Waals surface area contributed by atoms with Gasteiger partial charge in [0, 0.05) is 37.3 Å². The van der Waals surface area contributed by atoms with Gasteiger partial charge in [0.15, 0.2) is 0 Å². The molecule has 0 unspecified atom stereocenters. The molecule has 0 spiro atoms. The zero-order valence-corrected chi connectivity index (χ0v) is 12.8. The summed E-state index contributed by atoms with van der Waals surface area (Å²) >= 11 is 0. The van der Waals surface area contributed by atoms with E-state index in [1.165, 1.54) is 0 Å². The number of nitrogens with zero attached hydrogens (tertiary/aromatic N) is 2. The number of nitrogens with one attached hydrogen (secondary N) is 1. The molecular formula is C17H21N3O2. The Balaban J connectivity index is 1.46. The third kappa shape index (κ3) is 3.74. The van der Waals surface area contributed by atoms with E-state index in [-0.39, 0.29) is 11.9 Å². The number of benzene rings is 1. The van der Waals surface area contributed by atoms with Crippen molar-refractivity contribution in [2.75, 3.05) is 13.1 Å². The Labute approximate surface area is 130 Å². The number of hydrogen-bond acceptors (Lipinski definition) is 4. The van der Waals surface area contributed by atoms with Crippen LogP contribution in [0, 0.1) is 6.92 Å². The van der Waals surface area contributed by atoms with Crippen molar-refractivity contribution < 1.29 is 9.32 Å². The Bertz CT molecular complexity index is 616. The summed E-state index contributed by atoms with van der Waals surface area (Å²) in [5, 5.41) is 7.15. The summed E-state index contributed by atoms with van der Waals surface area (Å²) in [6.07, 6.45) is 1.94. The molecule has 2 heterocycles. The fraction of sp³-hybridized carbons (Fsp3) is 0.412. The molecule has 3 rings (SSSR count). The molecule has 0 saturated carbocycles. The van der Waals surface area contributed by atoms with Gasteiger partial charge in [-0.2, -0.15) is 0 Å². The van der Waals surface area contributed by atoms with E-state index >= 15 is 0 Å². The quantitative estimate of drug-likeness (QED) is 0.941. The number of rotatable bonds is 4. The SMILES string of the molecule is Cc1cc(CN2CCC(NC(=O)c3ccccc3)CC2)no1. The van der Waals surface area contributed by atoms with Gasteiger partial charge in [0.1, 0.15) is 5.76 Å². The van der Waals surface area contributed by atoms with Crippen molar-refractivity contribution in [1.29, 1.82) is 0 Å². The molecule has 1 saturated heterocycles. The molecule has 5 heteroatoms. The van der Waals surface area contributed by atoms with E-state index in [4.69, 9.17) is 4.52 Å². The summed E-state index contributed by atoms with van der Waals surface area (Å²) in [6.45, 7) is 4.65. The number of carbonyl (C=O) groups excluding carboxylic acids is 1. The molecular weight excluding hydrogens is 278 g/mol. The molecule has 1 fully saturated rings. The number of amides is 1. The van der Waals surface area contributed by atoms with E-state index < -0.39 is 0 Å². The zero-order valence-electron chi connectivity index (χ0n) is 12.8. The van der Waals surface area contributed by atoms with Gasteiger partial charge in [0.05, 0.1) is 5.69 Å². The van der Waals surface area contributed by atoms with Crippen LogP contribution in [0.25, 0.3) is 0 Å². The predicted molar refractivity (Wildman–Crippen MR) is 83.4 cm³/mol. The average Bonchev–Trinajstić information content (AvgIpc) is 2.95. The van der Waals surface area contributed by atoms with Crippen molar-refractivity contribution in [3.8, 4) is 0 Å². The second-order valence-corrected chi connectivity index (χ2v) is 5.82. The second kappa shape index (κ2) is 6.75. The lowest BCUT2D eigenvalue weighted by Gasteiger charge is -2.31. The summed E-state index contributed by atoms with van der Waals surface area (Å²) in [7, 11) is 0. The molecule has 0 atom stereocenters. The zero-order chi connectivity index (χ0) is 15.4. The van der Waals surface area contributed by atoms with Gasteiger partial charge >= 0.3 is 0 Å². The maximum absolute atomic E-state index is 12.1. The minimum atomic E-state index is 0.0196. The third-order valence-electron chi connectivity index (χ3n) is 4.02. The van der Waals surface area contributed by atoms with E-state index in [9.17, 15) is 4.79 Å². The van der Waals surface area contributed by atoms with Crippen LogP contribution in [0.2, 0.25) is 0 Å². The first kappa shape index (κ1) is 14.8. The first-order valence-electron chi connectivity index (χ1n) is 7.71. The molecule has 0 aliphatic carbocycles. The summed E-state index contributed by atoms with van der Waals surface area (Å²) in [5.74, 6) is 0.867. The van der Waals surface area contributed by atoms with Crippen LogP contribution in [0.4, 0.5) is 0 Å². The molecule has 1 aliphatic rings. The van der Waals surface area contributed by atoms with Crippen LogP contribution in [0.1, 0.15) is 34.7 Å². The van der Waals surface area contributed by atoms with Crippen LogP contribution >= 0.6 is 0 Å². The van der Waals surface area contributed by atoms with Gasteiger partial charge in [-0.3, -0.25) is 9.69 Å². The molecule has 1 aromatic carbocycles. The van der Waals surface area contributed by atoms with Crippen LogP contribution in [-0.2, 0) is 6.54 Å². The van der Waals surface area contributed by atoms with Crippen molar-refractivity contribution >= 4 is 5.91 Å². The number of carbonyl (C=O) groups is 1. The fourth-order valence-corrected chi connectivity index (χ4v) is 2.82. The molecule has 0 bridgehead atoms. The normalized spacial score (nSPS) is 16.6. The highest BCUT2D eigenvalue weighted by atomic mass is 16.5. The average molecular weight is 299 g/mol. The lowest BCUT2D eigenvalue weighted by Crippen LogP contribution is -2.44. The van der Waals surface area contributed by atoms with Gasteiger partial charge in [0.25, 0.3) is 5.91 Å². The van der Waals surface area contributed by atoms with Crippen molar-refractivity contribution in [1.82, 2.24) is 15.4 Å². The van der Waals surface area contributed by atoms with Crippen LogP contribution in [0.3, 0.4) is 0 Å². The Morgan fingerprint density at radius 1 is 1.32 bits per heavy atom. The first-order valence-corrected chi connectivity index (χ1v) is 7.71. The fourth-order valence-electron chi connectivity index (χ4n) is 2.82. The van der Waals surface area contributed by atoms with Crippen molar-refractivity contribution in [2.24, 2.45) is 0 Å². The Morgan fingerprint density at radius 2 is 2.05 bits per heavy atom. The summed E-state index contributed by atoms with van der Waals surface area (Å²) in [5.41, 5.74) is 1.70. The van der Waals surface area contributed by atoms with Crippen LogP contribution in [0.5, 0.6) is 0 Å². The molecule has 1 aromatic heterocycles. The van der Waals surface area contributed by atoms with E-state index in [2.05, 4.69) is 15.4 Å². The summed E-state index contributed by atoms with van der Waals surface area (Å²) < 4.78 is 5.10. The minimum Gasteiger partial charge on any atom is -0.361 e. The van der Waals surface area contributed by atoms with Gasteiger partial charge in [0.2, 0.25) is 0 Å². The highest BCUT2D eigenvalue weighted by molar-refractivity contribution is 5.94. The number of likely N-dealkylation sites (tertiary alicyclic amines) is 1. The van der Waals surface area contributed by atoms with Gasteiger partial charge in [-0.25, -0.2) is 0 Å². The third-order valence-corrected chi connectivity index (χ3v) is 4.02. The standard InChI is InChI=1S/C17H21N3O2/c1-13-11-16(19-22-13)12-20-9-7-15(8-10-20)18-17(21)14-5-3-2-4-6-14/h2-6,11,15H,7-10,12H2,1H3,(H,18,21). The van der Waals surface area contributed by atoms with E-state index in [0.717, 1.165) is 49.5 Å². The Hall–Kier alpha value is -2.14. The first-order chi connectivity index (χ1) is 10.7. The van der Waals surface area contributed by atoms with Crippen LogP contribution in [0.15, 0.2) is 40.9 Å². The topological polar surface area (TPSA) is 58.4 Å². The van der Waals surface area contributed by atoms with Gasteiger partial charge in [-0.1, -0.05) is 23.4 Å². The predicted octanol–water partition coefficient (Wildman–Crippen LogP) is 2.38. The Kier molecular flexibility index (Phi) is 4.53. The number of aromatic nitrogens is 1. The Morgan fingerprint density at radius 3 is 2.68 bits per heavy atom. The number of piperidine rings is 1. The molecule has 1 aliphatic heterocycles. The van der Waals surface area contributed by atoms with Gasteiger partial charge in [-0.05, 0) is 31.9 Å². The van der Waals surface area contributed by atoms with Gasteiger partial charge < -0.3 is 9.84 Å². The molecule has 0 radical (unpaired) electrons. The lowest BCUT2D eigenvalue weighted by atomic mass is 10.0. The van der Waals surface area contributed by atoms with Crippen LogP contribution < -0.4 is 5.32 Å². The second-order valence-electron chi connectivity index (χ2n) is 5.82. The molecule has 22 heavy (non-hydrogen) atoms. The van der Waals surface area contributed by atoms with Crippen molar-refractivity contribution in [3.63, 3.8) is 0 Å². The highest BCUT2D eigenvalue weighted by Crippen LogP contribution is 2.14. The number of hydrogen-bond donors (Lipinski definition) is 1.